The van der Waals surface area contributed by atoms with E-state index in [-0.39, 0.29) is 0 Å². The average molecular weight is 267 g/mol. The minimum absolute atomic E-state index is 0.340. The number of hydrogen-bond acceptors (Lipinski definition) is 4. The number of methoxy groups -OCH3 is 2. The van der Waals surface area contributed by atoms with Crippen molar-refractivity contribution in [2.45, 2.75) is 39.5 Å². The first kappa shape index (κ1) is 15.8. The fourth-order valence-corrected chi connectivity index (χ4v) is 1.92. The third kappa shape index (κ3) is 5.94. The lowest BCUT2D eigenvalue weighted by molar-refractivity contribution is 0.100. The Morgan fingerprint density at radius 1 is 1.00 bits per heavy atom. The predicted molar refractivity (Wildman–Crippen MR) is 76.9 cm³/mol. The molecule has 0 radical (unpaired) electrons. The summed E-state index contributed by atoms with van der Waals surface area (Å²) in [6.07, 6.45) is 0. The Labute approximate surface area is 116 Å². The molecule has 0 aliphatic rings. The van der Waals surface area contributed by atoms with Crippen molar-refractivity contribution in [2.24, 2.45) is 0 Å². The lowest BCUT2D eigenvalue weighted by atomic mass is 10.2. The van der Waals surface area contributed by atoms with E-state index >= 15 is 0 Å². The van der Waals surface area contributed by atoms with Gasteiger partial charge in [-0.2, -0.15) is 0 Å². The summed E-state index contributed by atoms with van der Waals surface area (Å²) in [5.41, 5.74) is 1.05. The van der Waals surface area contributed by atoms with E-state index in [0.29, 0.717) is 25.3 Å². The van der Waals surface area contributed by atoms with Crippen LogP contribution in [0.2, 0.25) is 0 Å². The first-order chi connectivity index (χ1) is 9.05. The first-order valence-corrected chi connectivity index (χ1v) is 6.61. The zero-order chi connectivity index (χ0) is 14.3. The van der Waals surface area contributed by atoms with Gasteiger partial charge >= 0.3 is 0 Å². The maximum atomic E-state index is 5.71. The number of rotatable bonds is 8. The molecule has 1 rings (SSSR count). The zero-order valence-electron chi connectivity index (χ0n) is 12.5. The van der Waals surface area contributed by atoms with E-state index in [1.165, 1.54) is 0 Å². The third-order valence-electron chi connectivity index (χ3n) is 2.67. The summed E-state index contributed by atoms with van der Waals surface area (Å²) >= 11 is 0. The van der Waals surface area contributed by atoms with Crippen LogP contribution in [-0.2, 0) is 11.3 Å². The van der Waals surface area contributed by atoms with E-state index in [0.717, 1.165) is 17.1 Å². The number of benzene rings is 1. The Morgan fingerprint density at radius 2 is 1.58 bits per heavy atom. The minimum atomic E-state index is 0.340. The molecular formula is C15H25NO3. The monoisotopic (exact) mass is 267 g/mol. The predicted octanol–water partition coefficient (Wildman–Crippen LogP) is 2.61. The van der Waals surface area contributed by atoms with Crippen LogP contribution in [0.25, 0.3) is 0 Å². The van der Waals surface area contributed by atoms with Gasteiger partial charge in [0.05, 0.1) is 27.4 Å². The summed E-state index contributed by atoms with van der Waals surface area (Å²) in [4.78, 5) is 0. The highest BCUT2D eigenvalue weighted by Gasteiger charge is 2.05. The molecule has 1 aromatic rings. The number of hydrogen-bond donors (Lipinski definition) is 1. The van der Waals surface area contributed by atoms with Crippen LogP contribution in [0.15, 0.2) is 18.2 Å². The van der Waals surface area contributed by atoms with Gasteiger partial charge in [-0.25, -0.2) is 0 Å². The maximum Gasteiger partial charge on any atom is 0.122 e. The second kappa shape index (κ2) is 8.02. The second-order valence-corrected chi connectivity index (χ2v) is 4.96. The summed E-state index contributed by atoms with van der Waals surface area (Å²) in [6.45, 7) is 7.61. The molecule has 0 saturated heterocycles. The van der Waals surface area contributed by atoms with E-state index < -0.39 is 0 Å². The van der Waals surface area contributed by atoms with Gasteiger partial charge in [-0.3, -0.25) is 0 Å². The Hall–Kier alpha value is -1.26. The summed E-state index contributed by atoms with van der Waals surface area (Å²) in [6, 6.07) is 6.58. The van der Waals surface area contributed by atoms with Gasteiger partial charge in [0.2, 0.25) is 0 Å². The zero-order valence-corrected chi connectivity index (χ0v) is 12.5. The minimum Gasteiger partial charge on any atom is -0.497 e. The molecule has 0 saturated carbocycles. The summed E-state index contributed by atoms with van der Waals surface area (Å²) in [7, 11) is 3.29. The van der Waals surface area contributed by atoms with E-state index in [4.69, 9.17) is 14.2 Å². The maximum absolute atomic E-state index is 5.71. The highest BCUT2D eigenvalue weighted by molar-refractivity contribution is 5.38. The van der Waals surface area contributed by atoms with Crippen LogP contribution in [0.5, 0.6) is 11.5 Å². The summed E-state index contributed by atoms with van der Waals surface area (Å²) in [5.74, 6) is 1.57. The van der Waals surface area contributed by atoms with Crippen molar-refractivity contribution >= 4 is 0 Å². The molecule has 0 amide bonds. The molecule has 0 unspecified atom stereocenters. The van der Waals surface area contributed by atoms with E-state index in [2.05, 4.69) is 26.1 Å². The first-order valence-electron chi connectivity index (χ1n) is 6.61. The lowest BCUT2D eigenvalue weighted by Crippen LogP contribution is -2.35. The van der Waals surface area contributed by atoms with Gasteiger partial charge in [0.25, 0.3) is 0 Å². The highest BCUT2D eigenvalue weighted by atomic mass is 16.5. The standard InChI is InChI=1S/C15H25NO3/c1-11(2)16-12(3)9-19-10-13-6-14(17-4)8-15(7-13)18-5/h6-8,11-12,16H,9-10H2,1-5H3/t12-/m0/s1. The molecule has 19 heavy (non-hydrogen) atoms. The Balaban J connectivity index is 2.48. The Morgan fingerprint density at radius 3 is 2.05 bits per heavy atom. The van der Waals surface area contributed by atoms with Gasteiger partial charge in [-0.1, -0.05) is 13.8 Å². The number of ether oxygens (including phenoxy) is 3. The quantitative estimate of drug-likeness (QED) is 0.786. The van der Waals surface area contributed by atoms with Crippen molar-refractivity contribution in [1.29, 1.82) is 0 Å². The van der Waals surface area contributed by atoms with Gasteiger partial charge in [0, 0.05) is 18.2 Å². The van der Waals surface area contributed by atoms with E-state index in [1.54, 1.807) is 14.2 Å². The van der Waals surface area contributed by atoms with Crippen LogP contribution >= 0.6 is 0 Å². The molecule has 4 heteroatoms. The van der Waals surface area contributed by atoms with Gasteiger partial charge in [-0.15, -0.1) is 0 Å². The second-order valence-electron chi connectivity index (χ2n) is 4.96. The van der Waals surface area contributed by atoms with Gasteiger partial charge in [0.1, 0.15) is 11.5 Å². The Bertz CT molecular complexity index is 357. The normalized spacial score (nSPS) is 12.5. The smallest absolute Gasteiger partial charge is 0.122 e. The van der Waals surface area contributed by atoms with Crippen LogP contribution in [0, 0.1) is 0 Å². The van der Waals surface area contributed by atoms with Gasteiger partial charge in [0.15, 0.2) is 0 Å². The molecule has 0 fully saturated rings. The van der Waals surface area contributed by atoms with Crippen LogP contribution < -0.4 is 14.8 Å². The molecule has 0 bridgehead atoms. The summed E-state index contributed by atoms with van der Waals surface area (Å²) < 4.78 is 16.2. The van der Waals surface area contributed by atoms with Crippen molar-refractivity contribution in [1.82, 2.24) is 5.32 Å². The van der Waals surface area contributed by atoms with Crippen LogP contribution in [0.1, 0.15) is 26.3 Å². The Kier molecular flexibility index (Phi) is 6.67. The third-order valence-corrected chi connectivity index (χ3v) is 2.67. The molecule has 108 valence electrons. The molecule has 4 nitrogen and oxygen atoms in total. The number of nitrogens with one attached hydrogen (secondary N) is 1. The molecule has 1 N–H and O–H groups in total. The molecule has 1 aromatic carbocycles. The topological polar surface area (TPSA) is 39.7 Å². The molecular weight excluding hydrogens is 242 g/mol. The van der Waals surface area contributed by atoms with Gasteiger partial charge < -0.3 is 19.5 Å². The fourth-order valence-electron chi connectivity index (χ4n) is 1.92. The van der Waals surface area contributed by atoms with Crippen LogP contribution in [-0.4, -0.2) is 32.9 Å². The van der Waals surface area contributed by atoms with Crippen molar-refractivity contribution in [3.8, 4) is 11.5 Å². The van der Waals surface area contributed by atoms with Gasteiger partial charge in [-0.05, 0) is 24.6 Å². The SMILES string of the molecule is COc1cc(COC[C@H](C)NC(C)C)cc(OC)c1. The molecule has 0 aliphatic heterocycles. The molecule has 0 heterocycles. The highest BCUT2D eigenvalue weighted by Crippen LogP contribution is 2.22. The summed E-state index contributed by atoms with van der Waals surface area (Å²) in [5, 5.41) is 3.40. The van der Waals surface area contributed by atoms with Crippen molar-refractivity contribution in [3.63, 3.8) is 0 Å². The largest absolute Gasteiger partial charge is 0.497 e. The van der Waals surface area contributed by atoms with Crippen molar-refractivity contribution in [2.75, 3.05) is 20.8 Å². The lowest BCUT2D eigenvalue weighted by Gasteiger charge is -2.17. The average Bonchev–Trinajstić information content (AvgIpc) is 2.37. The van der Waals surface area contributed by atoms with Crippen molar-refractivity contribution < 1.29 is 14.2 Å². The van der Waals surface area contributed by atoms with Crippen LogP contribution in [0.4, 0.5) is 0 Å². The molecule has 0 aromatic heterocycles. The van der Waals surface area contributed by atoms with E-state index in [9.17, 15) is 0 Å². The van der Waals surface area contributed by atoms with Crippen LogP contribution in [0.3, 0.4) is 0 Å². The molecule has 0 spiro atoms. The fraction of sp³-hybridized carbons (Fsp3) is 0.600. The van der Waals surface area contributed by atoms with E-state index in [1.807, 2.05) is 18.2 Å². The van der Waals surface area contributed by atoms with Crippen molar-refractivity contribution in [3.05, 3.63) is 23.8 Å². The molecule has 0 aliphatic carbocycles. The molecule has 1 atom stereocenters.